The predicted molar refractivity (Wildman–Crippen MR) is 87.9 cm³/mol. The number of fused-ring (bicyclic) bond motifs is 1. The number of hydrogen-bond donors (Lipinski definition) is 4. The summed E-state index contributed by atoms with van der Waals surface area (Å²) < 4.78 is 1.59. The van der Waals surface area contributed by atoms with Crippen molar-refractivity contribution in [2.45, 2.75) is 37.8 Å². The van der Waals surface area contributed by atoms with Crippen molar-refractivity contribution >= 4 is 17.7 Å². The van der Waals surface area contributed by atoms with Crippen molar-refractivity contribution in [2.75, 3.05) is 5.32 Å². The third kappa shape index (κ3) is 2.75. The van der Waals surface area contributed by atoms with Gasteiger partial charge in [-0.3, -0.25) is 4.98 Å². The van der Waals surface area contributed by atoms with Crippen LogP contribution in [0.15, 0.2) is 16.0 Å². The van der Waals surface area contributed by atoms with Gasteiger partial charge in [0.1, 0.15) is 5.69 Å². The molecule has 128 valence electrons. The fraction of sp³-hybridized carbons (Fsp3) is 0.400. The minimum atomic E-state index is -0.477. The van der Waals surface area contributed by atoms with E-state index in [9.17, 15) is 9.90 Å². The van der Waals surface area contributed by atoms with E-state index in [1.54, 1.807) is 16.8 Å². The maximum atomic E-state index is 11.3. The minimum absolute atomic E-state index is 0.224. The highest BCUT2D eigenvalue weighted by atomic mass is 16.3. The standard InChI is InChI=1S/C15H16N8O2/c24-12-10(19-15(25)21-12)5-7-6-16-23-11(7)20-13(17-8-1-2-8)22-14(23)18-9-3-4-9/h5-6,8-9,24H,1-4H2,(H,17,18,22)(H2,19,21,25). The number of anilines is 1. The monoisotopic (exact) mass is 340 g/mol. The van der Waals surface area contributed by atoms with Crippen molar-refractivity contribution < 1.29 is 5.11 Å². The fourth-order valence-electron chi connectivity index (χ4n) is 2.55. The lowest BCUT2D eigenvalue weighted by molar-refractivity contribution is 0.454. The first-order valence-corrected chi connectivity index (χ1v) is 8.25. The van der Waals surface area contributed by atoms with Gasteiger partial charge in [0.2, 0.25) is 11.8 Å². The van der Waals surface area contributed by atoms with Crippen LogP contribution >= 0.6 is 0 Å². The Labute approximate surface area is 140 Å². The van der Waals surface area contributed by atoms with Gasteiger partial charge in [-0.1, -0.05) is 0 Å². The topological polar surface area (TPSA) is 136 Å². The molecule has 0 spiro atoms. The van der Waals surface area contributed by atoms with E-state index in [0.717, 1.165) is 25.7 Å². The van der Waals surface area contributed by atoms with E-state index in [-0.39, 0.29) is 11.6 Å². The summed E-state index contributed by atoms with van der Waals surface area (Å²) in [4.78, 5) is 29.8. The van der Waals surface area contributed by atoms with Gasteiger partial charge in [-0.2, -0.15) is 19.6 Å². The van der Waals surface area contributed by atoms with E-state index in [1.807, 2.05) is 0 Å². The van der Waals surface area contributed by atoms with E-state index in [2.05, 4.69) is 35.3 Å². The van der Waals surface area contributed by atoms with Gasteiger partial charge in [0, 0.05) is 11.3 Å². The van der Waals surface area contributed by atoms with Crippen molar-refractivity contribution in [1.29, 1.82) is 0 Å². The molecule has 3 aromatic heterocycles. The molecule has 2 fully saturated rings. The van der Waals surface area contributed by atoms with Gasteiger partial charge in [-0.15, -0.1) is 0 Å². The zero-order valence-electron chi connectivity index (χ0n) is 13.2. The van der Waals surface area contributed by atoms with Gasteiger partial charge < -0.3 is 15.4 Å². The van der Waals surface area contributed by atoms with Gasteiger partial charge in [0.25, 0.3) is 5.62 Å². The fourth-order valence-corrected chi connectivity index (χ4v) is 2.55. The van der Waals surface area contributed by atoms with Crippen molar-refractivity contribution in [2.24, 2.45) is 4.99 Å². The van der Waals surface area contributed by atoms with E-state index < -0.39 is 5.69 Å². The number of rotatable bonds is 4. The van der Waals surface area contributed by atoms with Crippen LogP contribution in [-0.2, 0) is 0 Å². The van der Waals surface area contributed by atoms with E-state index in [0.29, 0.717) is 34.5 Å². The van der Waals surface area contributed by atoms with Crippen LogP contribution in [-0.4, -0.2) is 46.7 Å². The summed E-state index contributed by atoms with van der Waals surface area (Å²) in [5.41, 5.74) is 0.882. The molecule has 5 rings (SSSR count). The highest BCUT2D eigenvalue weighted by Gasteiger charge is 2.24. The second-order valence-corrected chi connectivity index (χ2v) is 6.45. The second-order valence-electron chi connectivity index (χ2n) is 6.45. The molecular weight excluding hydrogens is 324 g/mol. The van der Waals surface area contributed by atoms with Crippen molar-refractivity contribution in [3.8, 4) is 5.88 Å². The molecule has 3 heterocycles. The van der Waals surface area contributed by atoms with Gasteiger partial charge in [-0.25, -0.2) is 9.79 Å². The summed E-state index contributed by atoms with van der Waals surface area (Å²) in [5, 5.41) is 18.0. The molecule has 0 atom stereocenters. The molecule has 2 saturated carbocycles. The lowest BCUT2D eigenvalue weighted by Gasteiger charge is -2.03. The van der Waals surface area contributed by atoms with Crippen LogP contribution in [0.2, 0.25) is 0 Å². The summed E-state index contributed by atoms with van der Waals surface area (Å²) in [6, 6.07) is 0.713. The molecule has 2 aliphatic carbocycles. The Morgan fingerprint density at radius 2 is 2.12 bits per heavy atom. The number of aromatic hydroxyl groups is 1. The molecule has 0 bridgehead atoms. The quantitative estimate of drug-likeness (QED) is 0.482. The number of H-pyrrole nitrogens is 2. The highest BCUT2D eigenvalue weighted by molar-refractivity contribution is 5.57. The summed E-state index contributed by atoms with van der Waals surface area (Å²) in [7, 11) is 0. The first-order valence-electron chi connectivity index (χ1n) is 8.25. The maximum absolute atomic E-state index is 11.3. The molecule has 0 aromatic carbocycles. The van der Waals surface area contributed by atoms with Gasteiger partial charge in [0.15, 0.2) is 5.65 Å². The van der Waals surface area contributed by atoms with Crippen LogP contribution in [0, 0.1) is 0 Å². The Bertz CT molecular complexity index is 1130. The summed E-state index contributed by atoms with van der Waals surface area (Å²) in [5.74, 6) is 0.300. The molecule has 4 N–H and O–H groups in total. The zero-order chi connectivity index (χ0) is 17.0. The number of nitrogens with zero attached hydrogens (tertiary/aromatic N) is 5. The zero-order valence-corrected chi connectivity index (χ0v) is 13.2. The van der Waals surface area contributed by atoms with Gasteiger partial charge in [0.05, 0.1) is 12.2 Å². The third-order valence-corrected chi connectivity index (χ3v) is 4.17. The number of aromatic nitrogens is 6. The van der Waals surface area contributed by atoms with Crippen molar-refractivity contribution in [1.82, 2.24) is 29.5 Å². The van der Waals surface area contributed by atoms with Crippen LogP contribution in [0.3, 0.4) is 0 Å². The Kier molecular flexibility index (Phi) is 2.93. The lowest BCUT2D eigenvalue weighted by Crippen LogP contribution is -2.25. The molecule has 0 unspecified atom stereocenters. The first kappa shape index (κ1) is 14.2. The highest BCUT2D eigenvalue weighted by Crippen LogP contribution is 2.23. The smallest absolute Gasteiger partial charge is 0.326 e. The molecule has 0 amide bonds. The average Bonchev–Trinajstić information content (AvgIpc) is 3.48. The van der Waals surface area contributed by atoms with Crippen molar-refractivity contribution in [3.63, 3.8) is 0 Å². The largest absolute Gasteiger partial charge is 0.493 e. The van der Waals surface area contributed by atoms with Crippen LogP contribution < -0.4 is 21.8 Å². The third-order valence-electron chi connectivity index (χ3n) is 4.17. The molecule has 3 aromatic rings. The summed E-state index contributed by atoms with van der Waals surface area (Å²) in [6.45, 7) is 0. The molecule has 0 saturated heterocycles. The Morgan fingerprint density at radius 3 is 2.80 bits per heavy atom. The SMILES string of the molecule is O=c1[nH]c(O)c(C=c2cnn3c(=NC4CC4)nc(NC4CC4)nc23)[nH]1. The van der Waals surface area contributed by atoms with Gasteiger partial charge >= 0.3 is 5.69 Å². The van der Waals surface area contributed by atoms with Crippen LogP contribution in [0.1, 0.15) is 31.4 Å². The number of nitrogens with one attached hydrogen (secondary N) is 3. The molecule has 2 aliphatic rings. The Morgan fingerprint density at radius 1 is 1.28 bits per heavy atom. The first-order chi connectivity index (χ1) is 12.2. The molecule has 10 heteroatoms. The summed E-state index contributed by atoms with van der Waals surface area (Å²) in [6.07, 6.45) is 7.58. The molecule has 0 aliphatic heterocycles. The van der Waals surface area contributed by atoms with Crippen LogP contribution in [0.25, 0.3) is 11.7 Å². The number of hydrogen-bond acceptors (Lipinski definition) is 7. The Hall–Kier alpha value is -3.17. The Balaban J connectivity index is 1.71. The van der Waals surface area contributed by atoms with Crippen LogP contribution in [0.4, 0.5) is 5.95 Å². The summed E-state index contributed by atoms with van der Waals surface area (Å²) >= 11 is 0. The van der Waals surface area contributed by atoms with Gasteiger partial charge in [-0.05, 0) is 31.8 Å². The normalized spacial score (nSPS) is 19.0. The molecule has 0 radical (unpaired) electrons. The second kappa shape index (κ2) is 5.16. The predicted octanol–water partition coefficient (Wildman–Crippen LogP) is -0.969. The average molecular weight is 340 g/mol. The maximum Gasteiger partial charge on any atom is 0.326 e. The van der Waals surface area contributed by atoms with E-state index in [1.165, 1.54) is 0 Å². The van der Waals surface area contributed by atoms with Crippen molar-refractivity contribution in [3.05, 3.63) is 33.2 Å². The van der Waals surface area contributed by atoms with Crippen LogP contribution in [0.5, 0.6) is 5.88 Å². The lowest BCUT2D eigenvalue weighted by atomic mass is 10.3. The molecule has 25 heavy (non-hydrogen) atoms. The minimum Gasteiger partial charge on any atom is -0.493 e. The molecular formula is C15H16N8O2. The molecule has 10 nitrogen and oxygen atoms in total. The van der Waals surface area contributed by atoms with E-state index >= 15 is 0 Å². The number of aromatic amines is 2. The van der Waals surface area contributed by atoms with E-state index in [4.69, 9.17) is 0 Å². The number of imidazole rings is 1.